The van der Waals surface area contributed by atoms with E-state index in [4.69, 9.17) is 4.74 Å². The topological polar surface area (TPSA) is 55.4 Å². The third kappa shape index (κ3) is 3.71. The Hall–Kier alpha value is -2.92. The summed E-state index contributed by atoms with van der Waals surface area (Å²) in [7, 11) is 0. The Bertz CT molecular complexity index is 979. The van der Waals surface area contributed by atoms with Crippen LogP contribution in [-0.4, -0.2) is 18.0 Å². The van der Waals surface area contributed by atoms with Gasteiger partial charge in [-0.3, -0.25) is 4.79 Å². The minimum absolute atomic E-state index is 0.269. The van der Waals surface area contributed by atoms with Crippen molar-refractivity contribution in [2.24, 2.45) is 0 Å². The molecule has 3 aromatic rings. The van der Waals surface area contributed by atoms with E-state index >= 15 is 0 Å². The monoisotopic (exact) mass is 391 g/mol. The molecule has 1 aliphatic heterocycles. The van der Waals surface area contributed by atoms with Crippen LogP contribution in [0.4, 0.5) is 0 Å². The van der Waals surface area contributed by atoms with Crippen LogP contribution >= 0.6 is 11.3 Å². The molecule has 1 aromatic heterocycles. The zero-order valence-electron chi connectivity index (χ0n) is 15.6. The summed E-state index contributed by atoms with van der Waals surface area (Å²) in [6, 6.07) is 19.2. The summed E-state index contributed by atoms with van der Waals surface area (Å²) < 4.78 is 5.42. The zero-order valence-corrected chi connectivity index (χ0v) is 16.4. The number of hydrogen-bond acceptors (Lipinski definition) is 4. The molecule has 0 saturated heterocycles. The van der Waals surface area contributed by atoms with Crippen molar-refractivity contribution in [3.63, 3.8) is 0 Å². The van der Waals surface area contributed by atoms with Crippen LogP contribution in [0.15, 0.2) is 66.0 Å². The average Bonchev–Trinajstić information content (AvgIpc) is 3.26. The second kappa shape index (κ2) is 7.98. The minimum atomic E-state index is -0.820. The highest BCUT2D eigenvalue weighted by Gasteiger charge is 2.32. The fourth-order valence-corrected chi connectivity index (χ4v) is 4.24. The van der Waals surface area contributed by atoms with Gasteiger partial charge in [0.05, 0.1) is 11.6 Å². The molecule has 4 nitrogen and oxygen atoms in total. The Morgan fingerprint density at radius 1 is 1.14 bits per heavy atom. The summed E-state index contributed by atoms with van der Waals surface area (Å²) in [6.45, 7) is 2.11. The molecule has 28 heavy (non-hydrogen) atoms. The second-order valence-electron chi connectivity index (χ2n) is 6.81. The van der Waals surface area contributed by atoms with Gasteiger partial charge in [-0.15, -0.1) is 11.3 Å². The van der Waals surface area contributed by atoms with Crippen LogP contribution in [-0.2, 0) is 22.4 Å². The molecule has 1 amide bonds. The maximum atomic E-state index is 13.0. The van der Waals surface area contributed by atoms with Crippen LogP contribution in [0.2, 0.25) is 0 Å². The molecular weight excluding hydrogens is 370 g/mol. The van der Waals surface area contributed by atoms with Crippen LogP contribution in [0, 0.1) is 0 Å². The molecule has 4 rings (SSSR count). The molecular formula is C23H21NO3S. The largest absolute Gasteiger partial charge is 0.448 e. The van der Waals surface area contributed by atoms with E-state index in [1.165, 1.54) is 5.56 Å². The van der Waals surface area contributed by atoms with Gasteiger partial charge in [0.2, 0.25) is 0 Å². The first-order chi connectivity index (χ1) is 13.7. The summed E-state index contributed by atoms with van der Waals surface area (Å²) in [4.78, 5) is 26.3. The zero-order chi connectivity index (χ0) is 19.5. The van der Waals surface area contributed by atoms with Crippen LogP contribution in [0.25, 0.3) is 0 Å². The van der Waals surface area contributed by atoms with Gasteiger partial charge >= 0.3 is 5.97 Å². The molecule has 0 fully saturated rings. The van der Waals surface area contributed by atoms with Crippen molar-refractivity contribution in [3.05, 3.63) is 93.2 Å². The van der Waals surface area contributed by atoms with Gasteiger partial charge in [0.25, 0.3) is 5.91 Å². The maximum absolute atomic E-state index is 13.0. The van der Waals surface area contributed by atoms with Gasteiger partial charge < -0.3 is 10.1 Å². The first-order valence-electron chi connectivity index (χ1n) is 9.37. The number of esters is 1. The van der Waals surface area contributed by atoms with Gasteiger partial charge in [0.15, 0.2) is 6.10 Å². The number of carbonyl (C=O) groups excluding carboxylic acids is 2. The molecule has 0 radical (unpaired) electrons. The SMILES string of the molecule is CCc1ccc([C@@H](NC(=O)[C@@H]2Cc3ccccc3C(=O)O2)c2cccs2)cc1. The Balaban J connectivity index is 1.57. The number of cyclic esters (lactones) is 1. The third-order valence-corrected chi connectivity index (χ3v) is 5.96. The van der Waals surface area contributed by atoms with E-state index in [1.807, 2.05) is 41.8 Å². The molecule has 0 spiro atoms. The van der Waals surface area contributed by atoms with Gasteiger partial charge in [-0.25, -0.2) is 4.79 Å². The van der Waals surface area contributed by atoms with E-state index in [2.05, 4.69) is 24.4 Å². The molecule has 142 valence electrons. The molecule has 2 atom stereocenters. The Morgan fingerprint density at radius 2 is 1.93 bits per heavy atom. The lowest BCUT2D eigenvalue weighted by molar-refractivity contribution is -0.130. The molecule has 2 heterocycles. The first kappa shape index (κ1) is 18.4. The quantitative estimate of drug-likeness (QED) is 0.660. The lowest BCUT2D eigenvalue weighted by Crippen LogP contribution is -2.43. The minimum Gasteiger partial charge on any atom is -0.448 e. The van der Waals surface area contributed by atoms with Crippen molar-refractivity contribution in [1.29, 1.82) is 0 Å². The molecule has 0 saturated carbocycles. The van der Waals surface area contributed by atoms with Crippen molar-refractivity contribution < 1.29 is 14.3 Å². The normalized spacial score (nSPS) is 16.8. The first-order valence-corrected chi connectivity index (χ1v) is 10.2. The lowest BCUT2D eigenvalue weighted by atomic mass is 9.97. The Morgan fingerprint density at radius 3 is 2.64 bits per heavy atom. The number of thiophene rings is 1. The lowest BCUT2D eigenvalue weighted by Gasteiger charge is -2.26. The van der Waals surface area contributed by atoms with Gasteiger partial charge in [-0.1, -0.05) is 55.5 Å². The highest BCUT2D eigenvalue weighted by atomic mass is 32.1. The van der Waals surface area contributed by atoms with Gasteiger partial charge in [-0.05, 0) is 40.6 Å². The van der Waals surface area contributed by atoms with E-state index in [9.17, 15) is 9.59 Å². The summed E-state index contributed by atoms with van der Waals surface area (Å²) >= 11 is 1.59. The predicted molar refractivity (Wildman–Crippen MR) is 109 cm³/mol. The fourth-order valence-electron chi connectivity index (χ4n) is 3.43. The third-order valence-electron chi connectivity index (χ3n) is 5.02. The number of fused-ring (bicyclic) bond motifs is 1. The van der Waals surface area contributed by atoms with E-state index < -0.39 is 12.1 Å². The molecule has 5 heteroatoms. The molecule has 2 aromatic carbocycles. The highest BCUT2D eigenvalue weighted by molar-refractivity contribution is 7.10. The molecule has 0 bridgehead atoms. The number of ether oxygens (including phenoxy) is 1. The van der Waals surface area contributed by atoms with Crippen molar-refractivity contribution in [3.8, 4) is 0 Å². The Labute approximate surface area is 168 Å². The maximum Gasteiger partial charge on any atom is 0.339 e. The van der Waals surface area contributed by atoms with E-state index in [-0.39, 0.29) is 11.9 Å². The molecule has 0 aliphatic carbocycles. The summed E-state index contributed by atoms with van der Waals surface area (Å²) in [6.07, 6.45) is 0.535. The standard InChI is InChI=1S/C23H21NO3S/c1-2-15-9-11-16(12-10-15)21(20-8-5-13-28-20)24-22(25)19-14-17-6-3-4-7-18(17)23(26)27-19/h3-13,19,21H,2,14H2,1H3,(H,24,25)/t19-,21+/m0/s1. The predicted octanol–water partition coefficient (Wildman–Crippen LogP) is 4.30. The van der Waals surface area contributed by atoms with E-state index in [1.54, 1.807) is 23.5 Å². The smallest absolute Gasteiger partial charge is 0.339 e. The van der Waals surface area contributed by atoms with Crippen LogP contribution in [0.3, 0.4) is 0 Å². The summed E-state index contributed by atoms with van der Waals surface area (Å²) in [5.74, 6) is -0.720. The van der Waals surface area contributed by atoms with Gasteiger partial charge in [0.1, 0.15) is 0 Å². The molecule has 0 unspecified atom stereocenters. The number of nitrogens with one attached hydrogen (secondary N) is 1. The highest BCUT2D eigenvalue weighted by Crippen LogP contribution is 2.28. The van der Waals surface area contributed by atoms with Gasteiger partial charge in [-0.2, -0.15) is 0 Å². The van der Waals surface area contributed by atoms with E-state index in [0.29, 0.717) is 12.0 Å². The van der Waals surface area contributed by atoms with Crippen LogP contribution in [0.1, 0.15) is 44.9 Å². The van der Waals surface area contributed by atoms with Gasteiger partial charge in [0, 0.05) is 11.3 Å². The Kier molecular flexibility index (Phi) is 5.26. The van der Waals surface area contributed by atoms with Crippen LogP contribution in [0.5, 0.6) is 0 Å². The summed E-state index contributed by atoms with van der Waals surface area (Å²) in [5, 5.41) is 5.08. The van der Waals surface area contributed by atoms with Crippen molar-refractivity contribution in [1.82, 2.24) is 5.32 Å². The van der Waals surface area contributed by atoms with Crippen molar-refractivity contribution in [2.45, 2.75) is 31.9 Å². The fraction of sp³-hybridized carbons (Fsp3) is 0.217. The number of amides is 1. The molecule has 1 aliphatic rings. The van der Waals surface area contributed by atoms with Crippen molar-refractivity contribution in [2.75, 3.05) is 0 Å². The van der Waals surface area contributed by atoms with E-state index in [0.717, 1.165) is 22.4 Å². The number of hydrogen-bond donors (Lipinski definition) is 1. The van der Waals surface area contributed by atoms with Crippen LogP contribution < -0.4 is 5.32 Å². The average molecular weight is 391 g/mol. The number of benzene rings is 2. The number of carbonyl (C=O) groups is 2. The summed E-state index contributed by atoms with van der Waals surface area (Å²) in [5.41, 5.74) is 3.64. The second-order valence-corrected chi connectivity index (χ2v) is 7.79. The molecule has 1 N–H and O–H groups in total. The van der Waals surface area contributed by atoms with Crippen molar-refractivity contribution >= 4 is 23.2 Å². The number of aryl methyl sites for hydroxylation is 1. The number of rotatable bonds is 5.